The zero-order valence-corrected chi connectivity index (χ0v) is 14.0. The smallest absolute Gasteiger partial charge is 0.271 e. The molecule has 0 unspecified atom stereocenters. The van der Waals surface area contributed by atoms with Gasteiger partial charge in [0.15, 0.2) is 0 Å². The van der Waals surface area contributed by atoms with Crippen molar-refractivity contribution in [3.05, 3.63) is 70.4 Å². The van der Waals surface area contributed by atoms with Crippen LogP contribution >= 0.6 is 0 Å². The molecule has 2 aromatic carbocycles. The van der Waals surface area contributed by atoms with E-state index in [1.165, 1.54) is 24.3 Å². The van der Waals surface area contributed by atoms with Gasteiger partial charge in [-0.05, 0) is 17.7 Å². The maximum Gasteiger partial charge on any atom is 0.271 e. The summed E-state index contributed by atoms with van der Waals surface area (Å²) in [7, 11) is 1.89. The molecule has 7 heteroatoms. The van der Waals surface area contributed by atoms with Gasteiger partial charge in [0, 0.05) is 42.7 Å². The Morgan fingerprint density at radius 2 is 1.88 bits per heavy atom. The van der Waals surface area contributed by atoms with E-state index in [0.717, 1.165) is 21.4 Å². The van der Waals surface area contributed by atoms with Gasteiger partial charge in [-0.25, -0.2) is 4.90 Å². The molecule has 0 aliphatic carbocycles. The number of carbonyl (C=O) groups is 2. The third kappa shape index (κ3) is 2.36. The minimum Gasteiger partial charge on any atom is -0.350 e. The molecule has 0 saturated carbocycles. The Labute approximate surface area is 148 Å². The van der Waals surface area contributed by atoms with Crippen molar-refractivity contribution < 1.29 is 14.5 Å². The molecule has 0 N–H and O–H groups in total. The summed E-state index contributed by atoms with van der Waals surface area (Å²) in [5.41, 5.74) is 1.86. The number of aryl methyl sites for hydroxylation is 1. The molecule has 7 nitrogen and oxygen atoms in total. The summed E-state index contributed by atoms with van der Waals surface area (Å²) in [5, 5.41) is 11.9. The standard InChI is InChI=1S/C19H15N3O4/c1-20-11-16(14-7-2-3-8-17(14)20)15-10-18(23)21(19(15)24)12-5-4-6-13(9-12)22(25)26/h2-9,11,15H,10H2,1H3/t15-/m1/s1. The normalized spacial score (nSPS) is 17.3. The van der Waals surface area contributed by atoms with Crippen LogP contribution in [0, 0.1) is 10.1 Å². The van der Waals surface area contributed by atoms with E-state index < -0.39 is 10.8 Å². The van der Waals surface area contributed by atoms with Gasteiger partial charge in [-0.15, -0.1) is 0 Å². The molecule has 1 aliphatic rings. The van der Waals surface area contributed by atoms with Crippen LogP contribution in [0.4, 0.5) is 11.4 Å². The van der Waals surface area contributed by atoms with Crippen LogP contribution in [-0.4, -0.2) is 21.3 Å². The lowest BCUT2D eigenvalue weighted by atomic mass is 9.97. The highest BCUT2D eigenvalue weighted by Gasteiger charge is 2.41. The minimum absolute atomic E-state index is 0.0511. The summed E-state index contributed by atoms with van der Waals surface area (Å²) >= 11 is 0. The third-order valence-electron chi connectivity index (χ3n) is 4.75. The molecule has 1 atom stereocenters. The van der Waals surface area contributed by atoms with Crippen LogP contribution in [0.25, 0.3) is 10.9 Å². The summed E-state index contributed by atoms with van der Waals surface area (Å²) in [4.78, 5) is 37.0. The minimum atomic E-state index is -0.590. The largest absolute Gasteiger partial charge is 0.350 e. The Morgan fingerprint density at radius 1 is 1.12 bits per heavy atom. The van der Waals surface area contributed by atoms with Gasteiger partial charge in [0.2, 0.25) is 11.8 Å². The van der Waals surface area contributed by atoms with Gasteiger partial charge in [0.25, 0.3) is 5.69 Å². The predicted octanol–water partition coefficient (Wildman–Crippen LogP) is 3.13. The Morgan fingerprint density at radius 3 is 2.65 bits per heavy atom. The number of amides is 2. The van der Waals surface area contributed by atoms with E-state index >= 15 is 0 Å². The van der Waals surface area contributed by atoms with Crippen molar-refractivity contribution in [3.8, 4) is 0 Å². The highest BCUT2D eigenvalue weighted by atomic mass is 16.6. The van der Waals surface area contributed by atoms with Gasteiger partial charge < -0.3 is 4.57 Å². The summed E-state index contributed by atoms with van der Waals surface area (Å²) in [6.07, 6.45) is 1.92. The summed E-state index contributed by atoms with van der Waals surface area (Å²) in [5.74, 6) is -1.30. The zero-order chi connectivity index (χ0) is 18.4. The van der Waals surface area contributed by atoms with E-state index in [9.17, 15) is 19.7 Å². The SMILES string of the molecule is Cn1cc([C@H]2CC(=O)N(c3cccc([N+](=O)[O-])c3)C2=O)c2ccccc21. The quantitative estimate of drug-likeness (QED) is 0.413. The maximum atomic E-state index is 13.0. The highest BCUT2D eigenvalue weighted by Crippen LogP contribution is 2.37. The number of nitrogens with zero attached hydrogens (tertiary/aromatic N) is 3. The van der Waals surface area contributed by atoms with E-state index in [4.69, 9.17) is 0 Å². The zero-order valence-electron chi connectivity index (χ0n) is 14.0. The molecule has 1 aromatic heterocycles. The van der Waals surface area contributed by atoms with E-state index in [1.807, 2.05) is 42.1 Å². The van der Waals surface area contributed by atoms with Crippen LogP contribution in [0.2, 0.25) is 0 Å². The van der Waals surface area contributed by atoms with Crippen LogP contribution in [0.3, 0.4) is 0 Å². The van der Waals surface area contributed by atoms with Gasteiger partial charge in [0.05, 0.1) is 16.5 Å². The van der Waals surface area contributed by atoms with Crippen molar-refractivity contribution in [2.75, 3.05) is 4.90 Å². The lowest BCUT2D eigenvalue weighted by molar-refractivity contribution is -0.384. The molecule has 0 spiro atoms. The van der Waals surface area contributed by atoms with Gasteiger partial charge in [-0.2, -0.15) is 0 Å². The average molecular weight is 349 g/mol. The number of benzene rings is 2. The summed E-state index contributed by atoms with van der Waals surface area (Å²) < 4.78 is 1.93. The number of anilines is 1. The molecular weight excluding hydrogens is 334 g/mol. The first-order chi connectivity index (χ1) is 12.5. The molecule has 26 heavy (non-hydrogen) atoms. The number of nitro benzene ring substituents is 1. The maximum absolute atomic E-state index is 13.0. The fourth-order valence-electron chi connectivity index (χ4n) is 3.54. The Hall–Kier alpha value is -3.48. The highest BCUT2D eigenvalue weighted by molar-refractivity contribution is 6.23. The predicted molar refractivity (Wildman–Crippen MR) is 95.9 cm³/mol. The number of fused-ring (bicyclic) bond motifs is 1. The van der Waals surface area contributed by atoms with Gasteiger partial charge >= 0.3 is 0 Å². The van der Waals surface area contributed by atoms with Crippen LogP contribution < -0.4 is 4.90 Å². The molecule has 2 amide bonds. The monoisotopic (exact) mass is 349 g/mol. The van der Waals surface area contributed by atoms with Crippen molar-refractivity contribution in [2.24, 2.45) is 7.05 Å². The molecule has 1 fully saturated rings. The first kappa shape index (κ1) is 16.0. The number of hydrogen-bond donors (Lipinski definition) is 0. The fourth-order valence-corrected chi connectivity index (χ4v) is 3.54. The molecule has 1 aliphatic heterocycles. The van der Waals surface area contributed by atoms with Crippen molar-refractivity contribution in [1.82, 2.24) is 4.57 Å². The van der Waals surface area contributed by atoms with Crippen LogP contribution in [0.5, 0.6) is 0 Å². The molecule has 0 bridgehead atoms. The number of carbonyl (C=O) groups excluding carboxylic acids is 2. The van der Waals surface area contributed by atoms with Crippen molar-refractivity contribution in [1.29, 1.82) is 0 Å². The Balaban J connectivity index is 1.76. The van der Waals surface area contributed by atoms with Gasteiger partial charge in [-0.3, -0.25) is 19.7 Å². The number of imide groups is 1. The molecule has 2 heterocycles. The first-order valence-electron chi connectivity index (χ1n) is 8.12. The molecule has 130 valence electrons. The summed E-state index contributed by atoms with van der Waals surface area (Å²) in [6, 6.07) is 13.3. The number of para-hydroxylation sites is 1. The molecule has 4 rings (SSSR count). The van der Waals surface area contributed by atoms with E-state index in [2.05, 4.69) is 0 Å². The number of hydrogen-bond acceptors (Lipinski definition) is 4. The number of rotatable bonds is 3. The number of aromatic nitrogens is 1. The molecule has 1 saturated heterocycles. The molecule has 3 aromatic rings. The van der Waals surface area contributed by atoms with Crippen LogP contribution in [0.15, 0.2) is 54.7 Å². The lowest BCUT2D eigenvalue weighted by Crippen LogP contribution is -2.30. The van der Waals surface area contributed by atoms with Crippen LogP contribution in [-0.2, 0) is 16.6 Å². The topological polar surface area (TPSA) is 85.4 Å². The first-order valence-corrected chi connectivity index (χ1v) is 8.12. The second-order valence-electron chi connectivity index (χ2n) is 6.31. The summed E-state index contributed by atoms with van der Waals surface area (Å²) in [6.45, 7) is 0. The molecular formula is C19H15N3O4. The van der Waals surface area contributed by atoms with E-state index in [1.54, 1.807) is 0 Å². The Kier molecular flexibility index (Phi) is 3.57. The lowest BCUT2D eigenvalue weighted by Gasteiger charge is -2.14. The number of non-ortho nitro benzene ring substituents is 1. The average Bonchev–Trinajstić information content (AvgIpc) is 3.12. The van der Waals surface area contributed by atoms with Crippen LogP contribution in [0.1, 0.15) is 17.9 Å². The third-order valence-corrected chi connectivity index (χ3v) is 4.75. The number of nitro groups is 1. The second kappa shape index (κ2) is 5.80. The molecule has 0 radical (unpaired) electrons. The van der Waals surface area contributed by atoms with Crippen molar-refractivity contribution in [2.45, 2.75) is 12.3 Å². The van der Waals surface area contributed by atoms with E-state index in [0.29, 0.717) is 0 Å². The Bertz CT molecular complexity index is 1070. The van der Waals surface area contributed by atoms with E-state index in [-0.39, 0.29) is 29.6 Å². The van der Waals surface area contributed by atoms with Gasteiger partial charge in [-0.1, -0.05) is 24.3 Å². The fraction of sp³-hybridized carbons (Fsp3) is 0.158. The van der Waals surface area contributed by atoms with Crippen molar-refractivity contribution >= 4 is 34.1 Å². The second-order valence-corrected chi connectivity index (χ2v) is 6.31. The van der Waals surface area contributed by atoms with Gasteiger partial charge in [0.1, 0.15) is 0 Å². The van der Waals surface area contributed by atoms with Crippen molar-refractivity contribution in [3.63, 3.8) is 0 Å².